The van der Waals surface area contributed by atoms with E-state index >= 15 is 0 Å². The number of anilines is 6. The van der Waals surface area contributed by atoms with E-state index in [1.165, 1.54) is 5.56 Å². The number of likely N-dealkylation sites (N-methyl/N-ethyl adjacent to an activating group) is 1. The minimum Gasteiger partial charge on any atom is -0.399 e. The Balaban J connectivity index is 0.989. The van der Waals surface area contributed by atoms with Gasteiger partial charge in [-0.25, -0.2) is 24.9 Å². The third-order valence-electron chi connectivity index (χ3n) is 10.5. The van der Waals surface area contributed by atoms with Crippen molar-refractivity contribution in [2.75, 3.05) is 65.5 Å². The molecule has 1 fully saturated rings. The first-order chi connectivity index (χ1) is 31.1. The number of carbonyl (C=O) groups excluding carboxylic acids is 1. The fourth-order valence-electron chi connectivity index (χ4n) is 6.83. The van der Waals surface area contributed by atoms with Gasteiger partial charge in [-0.1, -0.05) is 24.3 Å². The molecule has 64 heavy (non-hydrogen) atoms. The van der Waals surface area contributed by atoms with Gasteiger partial charge in [0.15, 0.2) is 5.96 Å². The number of aliphatic imine (C=N–C) groups is 1. The first kappa shape index (κ1) is 42.5. The average Bonchev–Trinajstić information content (AvgIpc) is 3.30. The fraction of sp³-hybridized carbons (Fsp3) is 0.170. The summed E-state index contributed by atoms with van der Waals surface area (Å²) in [6.45, 7) is 8.91. The van der Waals surface area contributed by atoms with Gasteiger partial charge in [-0.2, -0.15) is 4.99 Å². The van der Waals surface area contributed by atoms with E-state index in [0.29, 0.717) is 51.1 Å². The Kier molecular flexibility index (Phi) is 13.1. The normalized spacial score (nSPS) is 13.2. The van der Waals surface area contributed by atoms with Gasteiger partial charge in [0.25, 0.3) is 11.9 Å². The Morgan fingerprint density at radius 2 is 1.45 bits per heavy atom. The lowest BCUT2D eigenvalue weighted by Crippen LogP contribution is -2.43. The minimum absolute atomic E-state index is 0.0113. The summed E-state index contributed by atoms with van der Waals surface area (Å²) in [5.74, 6) is 0.941. The average molecular weight is 853 g/mol. The molecule has 5 heterocycles. The van der Waals surface area contributed by atoms with Gasteiger partial charge >= 0.3 is 0 Å². The quantitative estimate of drug-likeness (QED) is 0.0387. The van der Waals surface area contributed by atoms with Crippen molar-refractivity contribution in [1.29, 1.82) is 5.41 Å². The van der Waals surface area contributed by atoms with E-state index in [-0.39, 0.29) is 29.7 Å². The van der Waals surface area contributed by atoms with Gasteiger partial charge in [0.1, 0.15) is 5.82 Å². The second-order valence-electron chi connectivity index (χ2n) is 15.4. The number of hydrogen-bond acceptors (Lipinski definition) is 12. The van der Waals surface area contributed by atoms with E-state index < -0.39 is 0 Å². The molecular weight excluding hydrogens is 805 g/mol. The number of nitrogens with zero attached hydrogens (tertiary/aromatic N) is 9. The van der Waals surface area contributed by atoms with Crippen molar-refractivity contribution in [3.8, 4) is 22.5 Å². The maximum Gasteiger partial charge on any atom is 0.255 e. The number of nitrogens with one attached hydrogen (secondary N) is 6. The van der Waals surface area contributed by atoms with Crippen LogP contribution in [0.1, 0.15) is 27.0 Å². The van der Waals surface area contributed by atoms with Crippen LogP contribution in [0.25, 0.3) is 22.5 Å². The van der Waals surface area contributed by atoms with Gasteiger partial charge in [-0.3, -0.25) is 25.4 Å². The van der Waals surface area contributed by atoms with Gasteiger partial charge in [-0.05, 0) is 110 Å². The summed E-state index contributed by atoms with van der Waals surface area (Å²) in [7, 11) is 2.15. The number of amides is 1. The van der Waals surface area contributed by atoms with Gasteiger partial charge in [0, 0.05) is 103 Å². The zero-order valence-corrected chi connectivity index (χ0v) is 35.7. The Labute approximate surface area is 370 Å². The van der Waals surface area contributed by atoms with Gasteiger partial charge in [0.2, 0.25) is 11.9 Å². The van der Waals surface area contributed by atoms with Crippen LogP contribution in [0.3, 0.4) is 0 Å². The lowest BCUT2D eigenvalue weighted by atomic mass is 10.1. The molecule has 0 bridgehead atoms. The Bertz CT molecular complexity index is 2770. The summed E-state index contributed by atoms with van der Waals surface area (Å²) in [6, 6.07) is 29.8. The Morgan fingerprint density at radius 1 is 0.719 bits per heavy atom. The number of piperazine rings is 1. The minimum atomic E-state index is -0.215. The number of rotatable bonds is 11. The molecule has 17 heteroatoms. The highest BCUT2D eigenvalue weighted by molar-refractivity contribution is 6.07. The van der Waals surface area contributed by atoms with Crippen LogP contribution < -0.4 is 32.3 Å². The molecule has 0 radical (unpaired) electrons. The van der Waals surface area contributed by atoms with Crippen LogP contribution in [0.15, 0.2) is 133 Å². The van der Waals surface area contributed by atoms with E-state index in [2.05, 4.69) is 73.3 Å². The van der Waals surface area contributed by atoms with Crippen molar-refractivity contribution in [3.05, 3.63) is 150 Å². The first-order valence-corrected chi connectivity index (χ1v) is 20.7. The van der Waals surface area contributed by atoms with E-state index in [1.807, 2.05) is 80.6 Å². The molecule has 1 amide bonds. The fourth-order valence-corrected chi connectivity index (χ4v) is 6.83. The highest BCUT2D eigenvalue weighted by Gasteiger charge is 2.16. The van der Waals surface area contributed by atoms with E-state index in [4.69, 9.17) is 16.1 Å². The topological polar surface area (TPSA) is 223 Å². The largest absolute Gasteiger partial charge is 0.399 e. The number of guanidine groups is 2. The molecule has 0 spiro atoms. The number of benzene rings is 3. The highest BCUT2D eigenvalue weighted by atomic mass is 16.1. The molecule has 1 aliphatic heterocycles. The molecule has 0 unspecified atom stereocenters. The molecule has 4 aromatic heterocycles. The maximum absolute atomic E-state index is 13.4. The number of hydrogen-bond donors (Lipinski definition) is 7. The van der Waals surface area contributed by atoms with Crippen molar-refractivity contribution >= 4 is 58.3 Å². The van der Waals surface area contributed by atoms with E-state index in [9.17, 15) is 4.79 Å². The van der Waals surface area contributed by atoms with E-state index in [0.717, 1.165) is 49.4 Å². The molecule has 0 aliphatic carbocycles. The number of nitrogens with two attached hydrogens (primary N) is 1. The van der Waals surface area contributed by atoms with Crippen LogP contribution in [0.4, 0.5) is 40.5 Å². The number of aromatic nitrogens is 6. The van der Waals surface area contributed by atoms with Crippen molar-refractivity contribution in [3.63, 3.8) is 0 Å². The zero-order chi connectivity index (χ0) is 44.4. The van der Waals surface area contributed by atoms with Gasteiger partial charge < -0.3 is 31.9 Å². The smallest absolute Gasteiger partial charge is 0.255 e. The molecule has 0 saturated carbocycles. The summed E-state index contributed by atoms with van der Waals surface area (Å²) in [5, 5.41) is 24.1. The highest BCUT2D eigenvalue weighted by Crippen LogP contribution is 2.25. The summed E-state index contributed by atoms with van der Waals surface area (Å²) < 4.78 is 0. The molecule has 1 saturated heterocycles. The van der Waals surface area contributed by atoms with Crippen LogP contribution >= 0.6 is 0 Å². The lowest BCUT2D eigenvalue weighted by Gasteiger charge is -2.32. The number of pyridine rings is 2. The summed E-state index contributed by atoms with van der Waals surface area (Å²) in [5.41, 5.74) is 14.9. The summed E-state index contributed by atoms with van der Waals surface area (Å²) >= 11 is 0. The third-order valence-corrected chi connectivity index (χ3v) is 10.5. The van der Waals surface area contributed by atoms with Crippen molar-refractivity contribution in [1.82, 2.24) is 39.7 Å². The number of nitrogen functional groups attached to an aromatic ring is 1. The molecule has 7 aromatic rings. The predicted octanol–water partition coefficient (Wildman–Crippen LogP) is 7.26. The van der Waals surface area contributed by atoms with Crippen LogP contribution in [-0.4, -0.2) is 90.8 Å². The molecule has 8 N–H and O–H groups in total. The van der Waals surface area contributed by atoms with Crippen LogP contribution in [-0.2, 0) is 6.54 Å². The maximum atomic E-state index is 13.4. The Hall–Kier alpha value is -8.15. The lowest BCUT2D eigenvalue weighted by molar-refractivity contribution is 0.102. The second-order valence-corrected chi connectivity index (χ2v) is 15.4. The first-order valence-electron chi connectivity index (χ1n) is 20.7. The van der Waals surface area contributed by atoms with Crippen LogP contribution in [0, 0.1) is 19.3 Å². The van der Waals surface area contributed by atoms with Gasteiger partial charge in [-0.15, -0.1) is 0 Å². The monoisotopic (exact) mass is 852 g/mol. The molecule has 17 nitrogen and oxygen atoms in total. The summed E-state index contributed by atoms with van der Waals surface area (Å²) in [6.07, 6.45) is 8.35. The van der Waals surface area contributed by atoms with Crippen LogP contribution in [0.2, 0.25) is 0 Å². The van der Waals surface area contributed by atoms with Crippen LogP contribution in [0.5, 0.6) is 0 Å². The standard InChI is InChI=1S/C47H48N16O/c1-30-6-13-36(48)25-40(30)55-44(49)60-45-51-19-17-39(56-45)35-12-15-42(53-28-35)59-47(61-46-52-20-16-38(57-46)34-5-4-18-50-27-34)58-41-26-37(14-7-31(41)2)54-43(64)33-10-8-32(9-11-33)29-63-23-21-62(3)22-24-63/h4-20,25-28H,21-24,29,48H2,1-3H3,(H,54,64)(H3,49,51,55,56,60)(H2,52,53,57,58,59,61). The number of carbonyl (C=O) groups is 1. The summed E-state index contributed by atoms with van der Waals surface area (Å²) in [4.78, 5) is 49.9. The Morgan fingerprint density at radius 3 is 2.20 bits per heavy atom. The predicted molar refractivity (Wildman–Crippen MR) is 254 cm³/mol. The van der Waals surface area contributed by atoms with Crippen molar-refractivity contribution in [2.24, 2.45) is 4.99 Å². The molecule has 8 rings (SSSR count). The number of aryl methyl sites for hydroxylation is 2. The molecular formula is C47H48N16O. The zero-order valence-electron chi connectivity index (χ0n) is 35.7. The molecule has 1 aliphatic rings. The SMILES string of the molecule is Cc1ccc(N)cc1NC(=N)Nc1nccc(-c2ccc(NC(=Nc3nccc(-c4cccnc4)n3)Nc3cc(NC(=O)c4ccc(CN5CCN(C)CC5)cc4)ccc3C)nc2)n1. The molecule has 322 valence electrons. The third kappa shape index (κ3) is 11.2. The van der Waals surface area contributed by atoms with Crippen molar-refractivity contribution in [2.45, 2.75) is 20.4 Å². The molecule has 3 aromatic carbocycles. The molecule has 0 atom stereocenters. The van der Waals surface area contributed by atoms with Crippen molar-refractivity contribution < 1.29 is 4.79 Å². The second kappa shape index (κ2) is 19.7. The van der Waals surface area contributed by atoms with E-state index in [1.54, 1.807) is 61.3 Å². The van der Waals surface area contributed by atoms with Gasteiger partial charge in [0.05, 0.1) is 11.4 Å².